The molecule has 1 aromatic carbocycles. The van der Waals surface area contributed by atoms with Crippen LogP contribution in [-0.4, -0.2) is 51.6 Å². The molecular formula is C15H22N2O2. The molecule has 0 aliphatic carbocycles. The molecule has 0 radical (unpaired) electrons. The number of hydrogen-bond acceptors (Lipinski definition) is 4. The van der Waals surface area contributed by atoms with Crippen molar-refractivity contribution in [2.24, 2.45) is 5.41 Å². The van der Waals surface area contributed by atoms with Crippen molar-refractivity contribution >= 4 is 11.4 Å². The lowest BCUT2D eigenvalue weighted by molar-refractivity contribution is 0.0977. The number of likely N-dealkylation sites (N-methyl/N-ethyl adjacent to an activating group) is 1. The van der Waals surface area contributed by atoms with Crippen LogP contribution in [0.3, 0.4) is 0 Å². The Morgan fingerprint density at radius 2 is 2.05 bits per heavy atom. The van der Waals surface area contributed by atoms with Gasteiger partial charge in [-0.25, -0.2) is 0 Å². The first kappa shape index (κ1) is 12.8. The average molecular weight is 262 g/mol. The maximum atomic E-state index is 9.73. The molecular weight excluding hydrogens is 240 g/mol. The number of fused-ring (bicyclic) bond motifs is 1. The monoisotopic (exact) mass is 262 g/mol. The van der Waals surface area contributed by atoms with Crippen LogP contribution in [0, 0.1) is 5.41 Å². The highest BCUT2D eigenvalue weighted by Gasteiger charge is 2.37. The lowest BCUT2D eigenvalue weighted by Gasteiger charge is -2.41. The highest BCUT2D eigenvalue weighted by Crippen LogP contribution is 2.36. The molecule has 4 heteroatoms. The fraction of sp³-hybridized carbons (Fsp3) is 0.600. The third-order valence-electron chi connectivity index (χ3n) is 4.39. The average Bonchev–Trinajstić information content (AvgIpc) is 2.92. The van der Waals surface area contributed by atoms with E-state index in [4.69, 9.17) is 4.74 Å². The van der Waals surface area contributed by atoms with Crippen molar-refractivity contribution in [2.75, 3.05) is 56.3 Å². The van der Waals surface area contributed by atoms with Crippen LogP contribution in [0.5, 0.6) is 0 Å². The summed E-state index contributed by atoms with van der Waals surface area (Å²) in [6.07, 6.45) is 0.956. The highest BCUT2D eigenvalue weighted by molar-refractivity contribution is 5.73. The van der Waals surface area contributed by atoms with Crippen molar-refractivity contribution in [3.05, 3.63) is 24.3 Å². The Morgan fingerprint density at radius 3 is 2.74 bits per heavy atom. The van der Waals surface area contributed by atoms with E-state index >= 15 is 0 Å². The van der Waals surface area contributed by atoms with Crippen LogP contribution in [0.4, 0.5) is 11.4 Å². The zero-order chi connectivity index (χ0) is 13.3. The van der Waals surface area contributed by atoms with Crippen molar-refractivity contribution in [1.29, 1.82) is 0 Å². The maximum absolute atomic E-state index is 9.73. The molecule has 19 heavy (non-hydrogen) atoms. The summed E-state index contributed by atoms with van der Waals surface area (Å²) in [5.74, 6) is 0. The van der Waals surface area contributed by atoms with Crippen LogP contribution in [0.15, 0.2) is 24.3 Å². The quantitative estimate of drug-likeness (QED) is 0.892. The van der Waals surface area contributed by atoms with E-state index in [2.05, 4.69) is 41.1 Å². The Kier molecular flexibility index (Phi) is 3.37. The first-order valence-corrected chi connectivity index (χ1v) is 6.98. The van der Waals surface area contributed by atoms with Gasteiger partial charge in [0.15, 0.2) is 0 Å². The predicted octanol–water partition coefficient (Wildman–Crippen LogP) is 1.34. The molecule has 1 atom stereocenters. The van der Waals surface area contributed by atoms with Crippen molar-refractivity contribution in [3.8, 4) is 0 Å². The minimum atomic E-state index is -0.0803. The van der Waals surface area contributed by atoms with Gasteiger partial charge >= 0.3 is 0 Å². The largest absolute Gasteiger partial charge is 0.396 e. The molecule has 0 bridgehead atoms. The van der Waals surface area contributed by atoms with Gasteiger partial charge in [-0.2, -0.15) is 0 Å². The topological polar surface area (TPSA) is 35.9 Å². The van der Waals surface area contributed by atoms with E-state index in [-0.39, 0.29) is 12.0 Å². The molecule has 2 aliphatic rings. The summed E-state index contributed by atoms with van der Waals surface area (Å²) in [6, 6.07) is 8.51. The lowest BCUT2D eigenvalue weighted by Crippen LogP contribution is -2.46. The second-order valence-electron chi connectivity index (χ2n) is 5.79. The summed E-state index contributed by atoms with van der Waals surface area (Å²) in [5, 5.41) is 9.73. The number of benzene rings is 1. The van der Waals surface area contributed by atoms with E-state index in [1.807, 2.05) is 0 Å². The Balaban J connectivity index is 1.84. The lowest BCUT2D eigenvalue weighted by atomic mass is 9.87. The molecule has 0 saturated carbocycles. The summed E-state index contributed by atoms with van der Waals surface area (Å²) in [7, 11) is 2.14. The summed E-state index contributed by atoms with van der Waals surface area (Å²) in [5.41, 5.74) is 2.47. The standard InChI is InChI=1S/C15H22N2O2/c1-16-7-8-17(14-5-3-2-4-13(14)16)10-15(11-18)6-9-19-12-15/h2-5,18H,6-12H2,1H3. The highest BCUT2D eigenvalue weighted by atomic mass is 16.5. The van der Waals surface area contributed by atoms with Gasteiger partial charge in [0.05, 0.1) is 24.6 Å². The van der Waals surface area contributed by atoms with Crippen LogP contribution >= 0.6 is 0 Å². The number of aliphatic hydroxyl groups is 1. The van der Waals surface area contributed by atoms with Gasteiger partial charge in [0.25, 0.3) is 0 Å². The summed E-state index contributed by atoms with van der Waals surface area (Å²) < 4.78 is 5.50. The van der Waals surface area contributed by atoms with Gasteiger partial charge in [-0.3, -0.25) is 0 Å². The molecule has 0 aromatic heterocycles. The van der Waals surface area contributed by atoms with Gasteiger partial charge < -0.3 is 19.6 Å². The number of ether oxygens (including phenoxy) is 1. The maximum Gasteiger partial charge on any atom is 0.0604 e. The van der Waals surface area contributed by atoms with Crippen molar-refractivity contribution in [2.45, 2.75) is 6.42 Å². The number of anilines is 2. The fourth-order valence-corrected chi connectivity index (χ4v) is 3.08. The van der Waals surface area contributed by atoms with E-state index in [0.717, 1.165) is 32.7 Å². The summed E-state index contributed by atoms with van der Waals surface area (Å²) >= 11 is 0. The van der Waals surface area contributed by atoms with Crippen molar-refractivity contribution in [1.82, 2.24) is 0 Å². The van der Waals surface area contributed by atoms with E-state index in [1.165, 1.54) is 11.4 Å². The predicted molar refractivity (Wildman–Crippen MR) is 76.9 cm³/mol. The van der Waals surface area contributed by atoms with Crippen LogP contribution < -0.4 is 9.80 Å². The fourth-order valence-electron chi connectivity index (χ4n) is 3.08. The Labute approximate surface area is 114 Å². The molecule has 1 saturated heterocycles. The second-order valence-corrected chi connectivity index (χ2v) is 5.79. The van der Waals surface area contributed by atoms with Crippen molar-refractivity contribution in [3.63, 3.8) is 0 Å². The van der Waals surface area contributed by atoms with E-state index in [0.29, 0.717) is 6.61 Å². The molecule has 1 N–H and O–H groups in total. The normalized spacial score (nSPS) is 26.6. The van der Waals surface area contributed by atoms with Crippen LogP contribution in [0.25, 0.3) is 0 Å². The molecule has 1 fully saturated rings. The molecule has 4 nitrogen and oxygen atoms in total. The number of para-hydroxylation sites is 2. The van der Waals surface area contributed by atoms with Gasteiger partial charge in [0.2, 0.25) is 0 Å². The molecule has 1 aromatic rings. The van der Waals surface area contributed by atoms with Gasteiger partial charge in [-0.15, -0.1) is 0 Å². The van der Waals surface area contributed by atoms with Crippen LogP contribution in [0.2, 0.25) is 0 Å². The summed E-state index contributed by atoms with van der Waals surface area (Å²) in [4.78, 5) is 4.70. The zero-order valence-corrected chi connectivity index (χ0v) is 11.5. The Hall–Kier alpha value is -1.26. The first-order valence-electron chi connectivity index (χ1n) is 6.98. The van der Waals surface area contributed by atoms with E-state index < -0.39 is 0 Å². The smallest absolute Gasteiger partial charge is 0.0604 e. The van der Waals surface area contributed by atoms with Gasteiger partial charge in [-0.1, -0.05) is 12.1 Å². The van der Waals surface area contributed by atoms with Gasteiger partial charge in [0, 0.05) is 38.7 Å². The molecule has 2 aliphatic heterocycles. The SMILES string of the molecule is CN1CCN(CC2(CO)CCOC2)c2ccccc21. The number of nitrogens with zero attached hydrogens (tertiary/aromatic N) is 2. The van der Waals surface area contributed by atoms with Crippen molar-refractivity contribution < 1.29 is 9.84 Å². The minimum absolute atomic E-state index is 0.0803. The third kappa shape index (κ3) is 2.30. The third-order valence-corrected chi connectivity index (χ3v) is 4.39. The number of rotatable bonds is 3. The molecule has 2 heterocycles. The van der Waals surface area contributed by atoms with E-state index in [1.54, 1.807) is 0 Å². The molecule has 1 unspecified atom stereocenters. The molecule has 0 spiro atoms. The molecule has 0 amide bonds. The minimum Gasteiger partial charge on any atom is -0.396 e. The first-order chi connectivity index (χ1) is 9.24. The summed E-state index contributed by atoms with van der Waals surface area (Å²) in [6.45, 7) is 4.58. The van der Waals surface area contributed by atoms with E-state index in [9.17, 15) is 5.11 Å². The zero-order valence-electron chi connectivity index (χ0n) is 11.5. The number of aliphatic hydroxyl groups excluding tert-OH is 1. The van der Waals surface area contributed by atoms with Crippen LogP contribution in [0.1, 0.15) is 6.42 Å². The Bertz CT molecular complexity index is 444. The van der Waals surface area contributed by atoms with Crippen LogP contribution in [-0.2, 0) is 4.74 Å². The van der Waals surface area contributed by atoms with Gasteiger partial charge in [-0.05, 0) is 18.6 Å². The molecule has 104 valence electrons. The second kappa shape index (κ2) is 5.02. The Morgan fingerprint density at radius 1 is 1.26 bits per heavy atom. The molecule has 3 rings (SSSR count). The number of hydrogen-bond donors (Lipinski definition) is 1. The van der Waals surface area contributed by atoms with Gasteiger partial charge in [0.1, 0.15) is 0 Å².